The van der Waals surface area contributed by atoms with E-state index >= 15 is 0 Å². The van der Waals surface area contributed by atoms with Crippen LogP contribution in [0, 0.1) is 6.92 Å². The van der Waals surface area contributed by atoms with Crippen LogP contribution in [0.2, 0.25) is 0 Å². The summed E-state index contributed by atoms with van der Waals surface area (Å²) in [6.45, 7) is 2.07. The molecular formula is C13H12N4. The van der Waals surface area contributed by atoms with Crippen molar-refractivity contribution in [3.63, 3.8) is 0 Å². The number of fused-ring (bicyclic) bond motifs is 1. The molecule has 4 nitrogen and oxygen atoms in total. The van der Waals surface area contributed by atoms with E-state index in [1.807, 2.05) is 18.5 Å². The summed E-state index contributed by atoms with van der Waals surface area (Å²) in [5.74, 6) is 0. The number of benzene rings is 1. The lowest BCUT2D eigenvalue weighted by Crippen LogP contribution is -1.93. The number of anilines is 1. The lowest BCUT2D eigenvalue weighted by Gasteiger charge is -2.03. The van der Waals surface area contributed by atoms with Crippen molar-refractivity contribution in [3.05, 3.63) is 48.4 Å². The zero-order valence-electron chi connectivity index (χ0n) is 9.46. The normalized spacial score (nSPS) is 10.9. The second kappa shape index (κ2) is 3.59. The molecule has 0 radical (unpaired) electrons. The van der Waals surface area contributed by atoms with Gasteiger partial charge in [0.05, 0.1) is 11.9 Å². The molecule has 0 aliphatic heterocycles. The van der Waals surface area contributed by atoms with Crippen molar-refractivity contribution in [2.75, 3.05) is 5.73 Å². The molecule has 0 saturated carbocycles. The predicted octanol–water partition coefficient (Wildman–Crippen LogP) is 2.29. The first-order chi connectivity index (χ1) is 8.24. The summed E-state index contributed by atoms with van der Waals surface area (Å²) >= 11 is 0. The first-order valence-corrected chi connectivity index (χ1v) is 5.40. The fourth-order valence-electron chi connectivity index (χ4n) is 1.87. The maximum absolute atomic E-state index is 5.74. The first-order valence-electron chi connectivity index (χ1n) is 5.40. The Balaban J connectivity index is 2.18. The highest BCUT2D eigenvalue weighted by atomic mass is 15.2. The van der Waals surface area contributed by atoms with Crippen LogP contribution in [-0.4, -0.2) is 14.6 Å². The van der Waals surface area contributed by atoms with Gasteiger partial charge in [0, 0.05) is 18.0 Å². The van der Waals surface area contributed by atoms with Crippen LogP contribution in [0.15, 0.2) is 42.9 Å². The molecule has 0 aliphatic rings. The molecule has 2 aromatic heterocycles. The summed E-state index contributed by atoms with van der Waals surface area (Å²) in [6.07, 6.45) is 5.37. The van der Waals surface area contributed by atoms with Gasteiger partial charge in [-0.25, -0.2) is 9.50 Å². The number of nitrogen functional groups attached to an aromatic ring is 1. The van der Waals surface area contributed by atoms with E-state index in [4.69, 9.17) is 5.73 Å². The number of nitrogens with two attached hydrogens (primary N) is 1. The van der Waals surface area contributed by atoms with Crippen molar-refractivity contribution in [2.45, 2.75) is 6.92 Å². The Hall–Kier alpha value is -2.36. The molecule has 0 fully saturated rings. The first kappa shape index (κ1) is 9.84. The van der Waals surface area contributed by atoms with Gasteiger partial charge in [-0.2, -0.15) is 5.10 Å². The summed E-state index contributed by atoms with van der Waals surface area (Å²) in [4.78, 5) is 4.32. The topological polar surface area (TPSA) is 56.2 Å². The van der Waals surface area contributed by atoms with Gasteiger partial charge < -0.3 is 5.73 Å². The van der Waals surface area contributed by atoms with E-state index in [0.29, 0.717) is 11.3 Å². The quantitative estimate of drug-likeness (QED) is 0.690. The SMILES string of the molecule is Cc1cccc(-c2cnc3c(N)cnn3c2)c1. The van der Waals surface area contributed by atoms with E-state index in [1.54, 1.807) is 10.7 Å². The lowest BCUT2D eigenvalue weighted by atomic mass is 10.1. The Morgan fingerprint density at radius 1 is 1.18 bits per heavy atom. The number of rotatable bonds is 1. The van der Waals surface area contributed by atoms with Crippen molar-refractivity contribution < 1.29 is 0 Å². The third kappa shape index (κ3) is 1.63. The Morgan fingerprint density at radius 2 is 2.06 bits per heavy atom. The minimum Gasteiger partial charge on any atom is -0.394 e. The molecule has 0 unspecified atom stereocenters. The smallest absolute Gasteiger partial charge is 0.178 e. The zero-order valence-corrected chi connectivity index (χ0v) is 9.46. The van der Waals surface area contributed by atoms with Crippen LogP contribution in [0.25, 0.3) is 16.8 Å². The van der Waals surface area contributed by atoms with Gasteiger partial charge in [-0.15, -0.1) is 0 Å². The van der Waals surface area contributed by atoms with E-state index in [0.717, 1.165) is 11.1 Å². The Morgan fingerprint density at radius 3 is 2.88 bits per heavy atom. The number of nitrogens with zero attached hydrogens (tertiary/aromatic N) is 3. The van der Waals surface area contributed by atoms with Crippen LogP contribution in [-0.2, 0) is 0 Å². The average Bonchev–Trinajstić information content (AvgIpc) is 2.71. The highest BCUT2D eigenvalue weighted by Gasteiger charge is 2.04. The maximum Gasteiger partial charge on any atom is 0.178 e. The van der Waals surface area contributed by atoms with Crippen molar-refractivity contribution in [2.24, 2.45) is 0 Å². The van der Waals surface area contributed by atoms with Crippen molar-refractivity contribution in [1.82, 2.24) is 14.6 Å². The van der Waals surface area contributed by atoms with Gasteiger partial charge in [-0.3, -0.25) is 0 Å². The van der Waals surface area contributed by atoms with Crippen molar-refractivity contribution in [3.8, 4) is 11.1 Å². The van der Waals surface area contributed by atoms with Gasteiger partial charge in [-0.1, -0.05) is 29.8 Å². The van der Waals surface area contributed by atoms with Gasteiger partial charge in [0.2, 0.25) is 0 Å². The molecule has 2 heterocycles. The molecule has 0 saturated heterocycles. The lowest BCUT2D eigenvalue weighted by molar-refractivity contribution is 0.941. The summed E-state index contributed by atoms with van der Waals surface area (Å²) in [5.41, 5.74) is 10.4. The standard InChI is InChI=1S/C13H12N4/c1-9-3-2-4-10(5-9)11-6-15-13-12(14)7-16-17(13)8-11/h2-8H,14H2,1H3. The van der Waals surface area contributed by atoms with Crippen LogP contribution in [0.1, 0.15) is 5.56 Å². The van der Waals surface area contributed by atoms with Crippen molar-refractivity contribution in [1.29, 1.82) is 0 Å². The van der Waals surface area contributed by atoms with Gasteiger partial charge in [0.1, 0.15) is 0 Å². The summed E-state index contributed by atoms with van der Waals surface area (Å²) in [5, 5.41) is 4.16. The number of aryl methyl sites for hydroxylation is 1. The molecule has 3 aromatic rings. The average molecular weight is 224 g/mol. The van der Waals surface area contributed by atoms with Gasteiger partial charge >= 0.3 is 0 Å². The third-order valence-electron chi connectivity index (χ3n) is 2.74. The van der Waals surface area contributed by atoms with Gasteiger partial charge in [0.15, 0.2) is 5.65 Å². The second-order valence-corrected chi connectivity index (χ2v) is 4.08. The molecular weight excluding hydrogens is 212 g/mol. The van der Waals surface area contributed by atoms with E-state index in [9.17, 15) is 0 Å². The summed E-state index contributed by atoms with van der Waals surface area (Å²) in [7, 11) is 0. The molecule has 3 rings (SSSR count). The molecule has 0 aliphatic carbocycles. The Bertz CT molecular complexity index is 685. The highest BCUT2D eigenvalue weighted by Crippen LogP contribution is 2.20. The van der Waals surface area contributed by atoms with Gasteiger partial charge in [0.25, 0.3) is 0 Å². The molecule has 4 heteroatoms. The molecule has 0 atom stereocenters. The largest absolute Gasteiger partial charge is 0.394 e. The Labute approximate surface area is 98.7 Å². The fourth-order valence-corrected chi connectivity index (χ4v) is 1.87. The predicted molar refractivity (Wildman–Crippen MR) is 67.6 cm³/mol. The molecule has 1 aromatic carbocycles. The number of hydrogen-bond donors (Lipinski definition) is 1. The van der Waals surface area contributed by atoms with Crippen LogP contribution in [0.4, 0.5) is 5.69 Å². The number of aromatic nitrogens is 3. The molecule has 17 heavy (non-hydrogen) atoms. The van der Waals surface area contributed by atoms with Crippen LogP contribution in [0.3, 0.4) is 0 Å². The molecule has 0 spiro atoms. The minimum absolute atomic E-state index is 0.598. The van der Waals surface area contributed by atoms with E-state index in [2.05, 4.69) is 35.2 Å². The molecule has 2 N–H and O–H groups in total. The molecule has 0 bridgehead atoms. The maximum atomic E-state index is 5.74. The number of hydrogen-bond acceptors (Lipinski definition) is 3. The zero-order chi connectivity index (χ0) is 11.8. The second-order valence-electron chi connectivity index (χ2n) is 4.08. The Kier molecular flexibility index (Phi) is 2.08. The molecule has 0 amide bonds. The minimum atomic E-state index is 0.598. The van der Waals surface area contributed by atoms with Gasteiger partial charge in [-0.05, 0) is 12.5 Å². The van der Waals surface area contributed by atoms with E-state index in [1.165, 1.54) is 5.56 Å². The van der Waals surface area contributed by atoms with Crippen LogP contribution < -0.4 is 5.73 Å². The highest BCUT2D eigenvalue weighted by molar-refractivity contribution is 5.68. The summed E-state index contributed by atoms with van der Waals surface area (Å²) in [6, 6.07) is 8.28. The van der Waals surface area contributed by atoms with Crippen LogP contribution >= 0.6 is 0 Å². The molecule has 84 valence electrons. The third-order valence-corrected chi connectivity index (χ3v) is 2.74. The van der Waals surface area contributed by atoms with E-state index in [-0.39, 0.29) is 0 Å². The fraction of sp³-hybridized carbons (Fsp3) is 0.0769. The van der Waals surface area contributed by atoms with E-state index < -0.39 is 0 Å². The van der Waals surface area contributed by atoms with Crippen molar-refractivity contribution >= 4 is 11.3 Å². The monoisotopic (exact) mass is 224 g/mol. The van der Waals surface area contributed by atoms with Crippen LogP contribution in [0.5, 0.6) is 0 Å². The summed E-state index contributed by atoms with van der Waals surface area (Å²) < 4.78 is 1.70.